The highest BCUT2D eigenvalue weighted by Crippen LogP contribution is 2.37. The van der Waals surface area contributed by atoms with Gasteiger partial charge >= 0.3 is 0 Å². The molecule has 0 saturated carbocycles. The van der Waals surface area contributed by atoms with E-state index in [1.54, 1.807) is 6.07 Å². The van der Waals surface area contributed by atoms with E-state index >= 15 is 0 Å². The van der Waals surface area contributed by atoms with E-state index in [1.807, 2.05) is 19.9 Å². The van der Waals surface area contributed by atoms with E-state index in [2.05, 4.69) is 0 Å². The van der Waals surface area contributed by atoms with Gasteiger partial charge in [-0.25, -0.2) is 0 Å². The smallest absolute Gasteiger partial charge is 0.232 e. The predicted octanol–water partition coefficient (Wildman–Crippen LogP) is 1.20. The highest BCUT2D eigenvalue weighted by Gasteiger charge is 2.45. The lowest BCUT2D eigenvalue weighted by Crippen LogP contribution is -2.59. The van der Waals surface area contributed by atoms with E-state index in [1.165, 1.54) is 12.1 Å². The second-order valence-corrected chi connectivity index (χ2v) is 9.16. The second-order valence-electron chi connectivity index (χ2n) is 9.16. The monoisotopic (exact) mass is 532 g/mol. The summed E-state index contributed by atoms with van der Waals surface area (Å²) in [5.41, 5.74) is 0.981. The molecular formula is C26H28O12. The summed E-state index contributed by atoms with van der Waals surface area (Å²) < 4.78 is 11.0. The van der Waals surface area contributed by atoms with Crippen molar-refractivity contribution < 1.29 is 54.7 Å². The minimum Gasteiger partial charge on any atom is -0.507 e. The Morgan fingerprint density at radius 2 is 1.71 bits per heavy atom. The van der Waals surface area contributed by atoms with Crippen LogP contribution >= 0.6 is 0 Å². The SMILES string of the molecule is CC(C)=CCc1cc(-c2cc(=O)c3c(O)cc(OO[C@@H]4O[C@H](CO)[C@@H](O)[C@H](O)[C@H]4O)cc3o2)cc(O)c1O. The van der Waals surface area contributed by atoms with Gasteiger partial charge in [0.05, 0.1) is 6.61 Å². The third-order valence-corrected chi connectivity index (χ3v) is 6.05. The molecule has 5 atom stereocenters. The Kier molecular flexibility index (Phi) is 7.92. The van der Waals surface area contributed by atoms with E-state index in [9.17, 15) is 40.5 Å². The normalized spacial score (nSPS) is 23.4. The van der Waals surface area contributed by atoms with Crippen LogP contribution in [0.15, 0.2) is 51.2 Å². The van der Waals surface area contributed by atoms with Crippen molar-refractivity contribution in [3.63, 3.8) is 0 Å². The third-order valence-electron chi connectivity index (χ3n) is 6.05. The van der Waals surface area contributed by atoms with Crippen molar-refractivity contribution in [2.75, 3.05) is 6.61 Å². The summed E-state index contributed by atoms with van der Waals surface area (Å²) in [6, 6.07) is 6.18. The molecule has 2 aromatic carbocycles. The van der Waals surface area contributed by atoms with Gasteiger partial charge in [-0.1, -0.05) is 11.6 Å². The molecule has 1 saturated heterocycles. The molecule has 0 amide bonds. The van der Waals surface area contributed by atoms with Crippen LogP contribution in [0.3, 0.4) is 0 Å². The Morgan fingerprint density at radius 1 is 0.974 bits per heavy atom. The number of aromatic hydroxyl groups is 3. The van der Waals surface area contributed by atoms with Gasteiger partial charge in [-0.05, 0) is 32.4 Å². The first-order chi connectivity index (χ1) is 18.0. The number of aliphatic hydroxyl groups is 4. The highest BCUT2D eigenvalue weighted by molar-refractivity contribution is 5.86. The molecule has 204 valence electrons. The molecule has 4 rings (SSSR count). The fraction of sp³-hybridized carbons (Fsp3) is 0.346. The molecule has 0 spiro atoms. The topological polar surface area (TPSA) is 200 Å². The molecule has 1 fully saturated rings. The summed E-state index contributed by atoms with van der Waals surface area (Å²) in [5.74, 6) is -1.36. The van der Waals surface area contributed by atoms with Crippen LogP contribution in [-0.4, -0.2) is 73.1 Å². The first-order valence-electron chi connectivity index (χ1n) is 11.6. The number of benzene rings is 2. The summed E-state index contributed by atoms with van der Waals surface area (Å²) in [6.07, 6.45) is -5.67. The predicted molar refractivity (Wildman–Crippen MR) is 132 cm³/mol. The Balaban J connectivity index is 1.66. The maximum atomic E-state index is 12.8. The fourth-order valence-corrected chi connectivity index (χ4v) is 3.97. The van der Waals surface area contributed by atoms with Crippen molar-refractivity contribution in [3.8, 4) is 34.3 Å². The fourth-order valence-electron chi connectivity index (χ4n) is 3.97. The third kappa shape index (κ3) is 5.45. The first kappa shape index (κ1) is 27.4. The Labute approximate surface area is 215 Å². The lowest BCUT2D eigenvalue weighted by molar-refractivity contribution is -0.386. The lowest BCUT2D eigenvalue weighted by atomic mass is 9.99. The molecule has 12 nitrogen and oxygen atoms in total. The maximum Gasteiger partial charge on any atom is 0.232 e. The Hall–Kier alpha value is -3.65. The summed E-state index contributed by atoms with van der Waals surface area (Å²) in [5, 5.41) is 69.8. The van der Waals surface area contributed by atoms with Gasteiger partial charge in [0, 0.05) is 29.3 Å². The maximum absolute atomic E-state index is 12.8. The number of allylic oxidation sites excluding steroid dienone is 2. The molecular weight excluding hydrogens is 504 g/mol. The zero-order chi connectivity index (χ0) is 27.7. The number of hydrogen-bond acceptors (Lipinski definition) is 12. The average molecular weight is 532 g/mol. The van der Waals surface area contributed by atoms with Crippen LogP contribution in [0.25, 0.3) is 22.3 Å². The van der Waals surface area contributed by atoms with Crippen molar-refractivity contribution in [1.29, 1.82) is 0 Å². The van der Waals surface area contributed by atoms with Crippen molar-refractivity contribution in [2.24, 2.45) is 0 Å². The van der Waals surface area contributed by atoms with E-state index in [-0.39, 0.29) is 28.2 Å². The molecule has 1 aliphatic heterocycles. The molecule has 7 N–H and O–H groups in total. The molecule has 0 bridgehead atoms. The van der Waals surface area contributed by atoms with Crippen LogP contribution in [0.5, 0.6) is 23.0 Å². The molecule has 1 aliphatic rings. The summed E-state index contributed by atoms with van der Waals surface area (Å²) in [6.45, 7) is 3.10. The standard InChI is InChI=1S/C26H28O12/c1-11(2)3-4-12-5-13(6-17(30)22(12)31)18-9-16(29)21-15(28)7-14(8-19(21)35-18)37-38-26-25(34)24(33)23(32)20(10-27)36-26/h3,5-9,20,23-28,30-34H,4,10H2,1-2H3/t20-,23-,24+,25-,26+/m1/s1. The first-order valence-corrected chi connectivity index (χ1v) is 11.6. The lowest BCUT2D eigenvalue weighted by Gasteiger charge is -2.38. The Morgan fingerprint density at radius 3 is 2.39 bits per heavy atom. The molecule has 0 radical (unpaired) electrons. The van der Waals surface area contributed by atoms with Gasteiger partial charge in [0.15, 0.2) is 22.7 Å². The number of aliphatic hydroxyl groups excluding tert-OH is 4. The summed E-state index contributed by atoms with van der Waals surface area (Å²) >= 11 is 0. The largest absolute Gasteiger partial charge is 0.507 e. The number of fused-ring (bicyclic) bond motifs is 1. The van der Waals surface area contributed by atoms with Crippen LogP contribution in [0, 0.1) is 0 Å². The molecule has 3 aromatic rings. The molecule has 38 heavy (non-hydrogen) atoms. The zero-order valence-corrected chi connectivity index (χ0v) is 20.4. The van der Waals surface area contributed by atoms with Gasteiger partial charge in [0.1, 0.15) is 46.9 Å². The van der Waals surface area contributed by atoms with Crippen molar-refractivity contribution in [2.45, 2.75) is 51.0 Å². The van der Waals surface area contributed by atoms with E-state index in [0.29, 0.717) is 17.5 Å². The number of ether oxygens (including phenoxy) is 1. The van der Waals surface area contributed by atoms with Crippen LogP contribution in [0.2, 0.25) is 0 Å². The number of phenolic OH excluding ortho intramolecular Hbond substituents is 3. The van der Waals surface area contributed by atoms with Crippen LogP contribution in [0.1, 0.15) is 19.4 Å². The van der Waals surface area contributed by atoms with Gasteiger partial charge in [-0.2, -0.15) is 4.89 Å². The highest BCUT2D eigenvalue weighted by atomic mass is 17.2. The van der Waals surface area contributed by atoms with E-state index in [4.69, 9.17) is 18.9 Å². The van der Waals surface area contributed by atoms with Crippen LogP contribution in [-0.2, 0) is 16.0 Å². The number of phenols is 3. The summed E-state index contributed by atoms with van der Waals surface area (Å²) in [4.78, 5) is 22.9. The minimum atomic E-state index is -1.73. The average Bonchev–Trinajstić information content (AvgIpc) is 2.87. The van der Waals surface area contributed by atoms with E-state index in [0.717, 1.165) is 17.7 Å². The number of hydrogen-bond donors (Lipinski definition) is 7. The molecule has 12 heteroatoms. The molecule has 0 aliphatic carbocycles. The van der Waals surface area contributed by atoms with Crippen molar-refractivity contribution >= 4 is 11.0 Å². The van der Waals surface area contributed by atoms with Crippen molar-refractivity contribution in [1.82, 2.24) is 0 Å². The Bertz CT molecular complexity index is 1410. The van der Waals surface area contributed by atoms with Gasteiger partial charge in [-0.3, -0.25) is 4.79 Å². The van der Waals surface area contributed by atoms with Crippen molar-refractivity contribution in [3.05, 3.63) is 57.8 Å². The van der Waals surface area contributed by atoms with Gasteiger partial charge < -0.3 is 49.8 Å². The quantitative estimate of drug-likeness (QED) is 0.0994. The van der Waals surface area contributed by atoms with Gasteiger partial charge in [-0.15, -0.1) is 0 Å². The van der Waals surface area contributed by atoms with Gasteiger partial charge in [0.2, 0.25) is 6.29 Å². The molecule has 0 unspecified atom stereocenters. The van der Waals surface area contributed by atoms with E-state index < -0.39 is 54.2 Å². The molecule has 2 heterocycles. The number of rotatable bonds is 7. The minimum absolute atomic E-state index is 0.0302. The van der Waals surface area contributed by atoms with Crippen LogP contribution < -0.4 is 10.3 Å². The van der Waals surface area contributed by atoms with Crippen LogP contribution in [0.4, 0.5) is 0 Å². The second kappa shape index (κ2) is 11.0. The molecule has 1 aromatic heterocycles. The zero-order valence-electron chi connectivity index (χ0n) is 20.4. The summed E-state index contributed by atoms with van der Waals surface area (Å²) in [7, 11) is 0. The van der Waals surface area contributed by atoms with Gasteiger partial charge in [0.25, 0.3) is 0 Å².